The van der Waals surface area contributed by atoms with Crippen molar-refractivity contribution in [2.24, 2.45) is 5.73 Å². The summed E-state index contributed by atoms with van der Waals surface area (Å²) in [5.41, 5.74) is 9.14. The molecule has 0 saturated heterocycles. The van der Waals surface area contributed by atoms with Crippen LogP contribution in [0.1, 0.15) is 11.1 Å². The standard InChI is InChI=1S/C10H13N3S/c11-10(14)13-9-2-1-8-6-12-4-3-7(8)5-9/h1-2,5,12H,3-4,6H2,(H3,11,13,14). The summed E-state index contributed by atoms with van der Waals surface area (Å²) in [6.07, 6.45) is 1.07. The minimum absolute atomic E-state index is 0.318. The molecule has 0 radical (unpaired) electrons. The molecule has 74 valence electrons. The SMILES string of the molecule is NC(=S)Nc1ccc2c(c1)CCNC2. The van der Waals surface area contributed by atoms with Gasteiger partial charge in [0.2, 0.25) is 0 Å². The summed E-state index contributed by atoms with van der Waals surface area (Å²) in [5, 5.41) is 6.59. The third-order valence-electron chi connectivity index (χ3n) is 2.36. The van der Waals surface area contributed by atoms with Gasteiger partial charge in [0, 0.05) is 12.2 Å². The number of thiocarbonyl (C=S) groups is 1. The molecule has 4 N–H and O–H groups in total. The van der Waals surface area contributed by atoms with E-state index in [-0.39, 0.29) is 0 Å². The van der Waals surface area contributed by atoms with Gasteiger partial charge < -0.3 is 16.4 Å². The second-order valence-electron chi connectivity index (χ2n) is 3.40. The highest BCUT2D eigenvalue weighted by Gasteiger charge is 2.08. The monoisotopic (exact) mass is 207 g/mol. The third kappa shape index (κ3) is 2.02. The van der Waals surface area contributed by atoms with Crippen LogP contribution in [0.25, 0.3) is 0 Å². The molecule has 1 aliphatic heterocycles. The number of fused-ring (bicyclic) bond motifs is 1. The van der Waals surface area contributed by atoms with Gasteiger partial charge >= 0.3 is 0 Å². The lowest BCUT2D eigenvalue weighted by Crippen LogP contribution is -2.24. The quantitative estimate of drug-likeness (QED) is 0.601. The highest BCUT2D eigenvalue weighted by molar-refractivity contribution is 7.80. The van der Waals surface area contributed by atoms with Crippen molar-refractivity contribution in [3.8, 4) is 0 Å². The highest BCUT2D eigenvalue weighted by atomic mass is 32.1. The zero-order chi connectivity index (χ0) is 9.97. The van der Waals surface area contributed by atoms with Gasteiger partial charge in [-0.15, -0.1) is 0 Å². The van der Waals surface area contributed by atoms with E-state index in [0.717, 1.165) is 25.2 Å². The number of nitrogens with one attached hydrogen (secondary N) is 2. The molecule has 2 rings (SSSR count). The van der Waals surface area contributed by atoms with E-state index in [4.69, 9.17) is 18.0 Å². The lowest BCUT2D eigenvalue weighted by molar-refractivity contribution is 0.644. The fraction of sp³-hybridized carbons (Fsp3) is 0.300. The smallest absolute Gasteiger partial charge is 0.168 e. The molecule has 1 heterocycles. The Labute approximate surface area is 88.7 Å². The first-order valence-electron chi connectivity index (χ1n) is 4.65. The predicted octanol–water partition coefficient (Wildman–Crippen LogP) is 0.988. The van der Waals surface area contributed by atoms with Crippen molar-refractivity contribution >= 4 is 23.0 Å². The fourth-order valence-corrected chi connectivity index (χ4v) is 1.82. The summed E-state index contributed by atoms with van der Waals surface area (Å²) in [7, 11) is 0. The topological polar surface area (TPSA) is 50.1 Å². The molecule has 0 bridgehead atoms. The number of benzene rings is 1. The van der Waals surface area contributed by atoms with Crippen LogP contribution < -0.4 is 16.4 Å². The van der Waals surface area contributed by atoms with Crippen LogP contribution in [0, 0.1) is 0 Å². The molecule has 0 amide bonds. The minimum Gasteiger partial charge on any atom is -0.376 e. The summed E-state index contributed by atoms with van der Waals surface area (Å²) >= 11 is 4.79. The van der Waals surface area contributed by atoms with E-state index in [1.807, 2.05) is 6.07 Å². The molecule has 1 aliphatic rings. The zero-order valence-electron chi connectivity index (χ0n) is 7.84. The maximum absolute atomic E-state index is 5.41. The normalized spacial score (nSPS) is 14.6. The van der Waals surface area contributed by atoms with Crippen LogP contribution in [-0.4, -0.2) is 11.7 Å². The van der Waals surface area contributed by atoms with E-state index >= 15 is 0 Å². The molecule has 0 atom stereocenters. The molecule has 0 saturated carbocycles. The van der Waals surface area contributed by atoms with Gasteiger partial charge in [0.25, 0.3) is 0 Å². The first-order chi connectivity index (χ1) is 6.75. The largest absolute Gasteiger partial charge is 0.376 e. The Kier molecular flexibility index (Phi) is 2.65. The van der Waals surface area contributed by atoms with E-state index in [2.05, 4.69) is 22.8 Å². The van der Waals surface area contributed by atoms with Gasteiger partial charge in [-0.2, -0.15) is 0 Å². The molecule has 1 aromatic rings. The van der Waals surface area contributed by atoms with Crippen molar-refractivity contribution in [3.05, 3.63) is 29.3 Å². The first kappa shape index (κ1) is 9.43. The zero-order valence-corrected chi connectivity index (χ0v) is 8.66. The van der Waals surface area contributed by atoms with Crippen LogP contribution in [-0.2, 0) is 13.0 Å². The van der Waals surface area contributed by atoms with Gasteiger partial charge in [-0.3, -0.25) is 0 Å². The number of nitrogens with two attached hydrogens (primary N) is 1. The van der Waals surface area contributed by atoms with Crippen molar-refractivity contribution in [2.45, 2.75) is 13.0 Å². The Hall–Kier alpha value is -1.13. The van der Waals surface area contributed by atoms with Crippen molar-refractivity contribution < 1.29 is 0 Å². The van der Waals surface area contributed by atoms with Crippen LogP contribution in [0.3, 0.4) is 0 Å². The molecule has 3 nitrogen and oxygen atoms in total. The lowest BCUT2D eigenvalue weighted by atomic mass is 10.0. The first-order valence-corrected chi connectivity index (χ1v) is 5.05. The Bertz CT molecular complexity index is 362. The van der Waals surface area contributed by atoms with Crippen LogP contribution in [0.4, 0.5) is 5.69 Å². The van der Waals surface area contributed by atoms with Gasteiger partial charge in [-0.25, -0.2) is 0 Å². The number of hydrogen-bond acceptors (Lipinski definition) is 2. The van der Waals surface area contributed by atoms with Crippen LogP contribution >= 0.6 is 12.2 Å². The highest BCUT2D eigenvalue weighted by Crippen LogP contribution is 2.18. The fourth-order valence-electron chi connectivity index (χ4n) is 1.70. The van der Waals surface area contributed by atoms with Crippen molar-refractivity contribution in [2.75, 3.05) is 11.9 Å². The predicted molar refractivity (Wildman–Crippen MR) is 62.3 cm³/mol. The van der Waals surface area contributed by atoms with Crippen LogP contribution in [0.5, 0.6) is 0 Å². The average molecular weight is 207 g/mol. The van der Waals surface area contributed by atoms with Gasteiger partial charge in [0.05, 0.1) is 0 Å². The van der Waals surface area contributed by atoms with Gasteiger partial charge in [-0.1, -0.05) is 6.07 Å². The molecule has 0 fully saturated rings. The van der Waals surface area contributed by atoms with Gasteiger partial charge in [-0.05, 0) is 48.4 Å². The molecule has 0 unspecified atom stereocenters. The Morgan fingerprint density at radius 2 is 2.29 bits per heavy atom. The van der Waals surface area contributed by atoms with Gasteiger partial charge in [0.1, 0.15) is 0 Å². The van der Waals surface area contributed by atoms with Gasteiger partial charge in [0.15, 0.2) is 5.11 Å². The van der Waals surface area contributed by atoms with Crippen LogP contribution in [0.15, 0.2) is 18.2 Å². The third-order valence-corrected chi connectivity index (χ3v) is 2.46. The Morgan fingerprint density at radius 3 is 3.07 bits per heavy atom. The molecular formula is C10H13N3S. The molecule has 14 heavy (non-hydrogen) atoms. The molecule has 0 aromatic heterocycles. The van der Waals surface area contributed by atoms with E-state index in [1.165, 1.54) is 11.1 Å². The summed E-state index contributed by atoms with van der Waals surface area (Å²) in [6, 6.07) is 6.24. The Morgan fingerprint density at radius 1 is 1.43 bits per heavy atom. The second kappa shape index (κ2) is 3.94. The summed E-state index contributed by atoms with van der Waals surface area (Å²) in [4.78, 5) is 0. The average Bonchev–Trinajstić information content (AvgIpc) is 2.17. The summed E-state index contributed by atoms with van der Waals surface area (Å²) in [6.45, 7) is 2.01. The summed E-state index contributed by atoms with van der Waals surface area (Å²) in [5.74, 6) is 0. The van der Waals surface area contributed by atoms with E-state index in [1.54, 1.807) is 0 Å². The molecule has 0 spiro atoms. The van der Waals surface area contributed by atoms with E-state index in [9.17, 15) is 0 Å². The van der Waals surface area contributed by atoms with Crippen molar-refractivity contribution in [3.63, 3.8) is 0 Å². The summed E-state index contributed by atoms with van der Waals surface area (Å²) < 4.78 is 0. The lowest BCUT2D eigenvalue weighted by Gasteiger charge is -2.18. The molecular weight excluding hydrogens is 194 g/mol. The number of anilines is 1. The number of hydrogen-bond donors (Lipinski definition) is 3. The maximum Gasteiger partial charge on any atom is 0.168 e. The van der Waals surface area contributed by atoms with Crippen LogP contribution in [0.2, 0.25) is 0 Å². The van der Waals surface area contributed by atoms with E-state index < -0.39 is 0 Å². The minimum atomic E-state index is 0.318. The Balaban J connectivity index is 2.24. The number of rotatable bonds is 1. The molecule has 4 heteroatoms. The second-order valence-corrected chi connectivity index (χ2v) is 3.84. The van der Waals surface area contributed by atoms with Crippen molar-refractivity contribution in [1.82, 2.24) is 5.32 Å². The van der Waals surface area contributed by atoms with E-state index in [0.29, 0.717) is 5.11 Å². The van der Waals surface area contributed by atoms with Crippen molar-refractivity contribution in [1.29, 1.82) is 0 Å². The molecule has 1 aromatic carbocycles. The molecule has 0 aliphatic carbocycles. The maximum atomic E-state index is 5.41.